The van der Waals surface area contributed by atoms with E-state index in [2.05, 4.69) is 33.0 Å². The van der Waals surface area contributed by atoms with E-state index in [1.807, 2.05) is 32.3 Å². The molecule has 3 rings (SSSR count). The molecule has 1 fully saturated rings. The fourth-order valence-corrected chi connectivity index (χ4v) is 4.55. The maximum atomic E-state index is 13.5. The van der Waals surface area contributed by atoms with E-state index in [0.717, 1.165) is 43.9 Å². The zero-order valence-corrected chi connectivity index (χ0v) is 20.7. The Bertz CT molecular complexity index is 1020. The molecule has 7 nitrogen and oxygen atoms in total. The van der Waals surface area contributed by atoms with Crippen LogP contribution in [-0.2, 0) is 17.8 Å². The summed E-state index contributed by atoms with van der Waals surface area (Å²) in [6.45, 7) is 4.08. The summed E-state index contributed by atoms with van der Waals surface area (Å²) in [6.07, 6.45) is 1.65. The molecule has 1 heterocycles. The highest BCUT2D eigenvalue weighted by molar-refractivity contribution is 6.32. The molecule has 2 aromatic rings. The monoisotopic (exact) mass is 483 g/mol. The van der Waals surface area contributed by atoms with Crippen LogP contribution in [0.4, 0.5) is 5.69 Å². The van der Waals surface area contributed by atoms with Crippen LogP contribution in [0.15, 0.2) is 42.5 Å². The number of rotatable bonds is 10. The van der Waals surface area contributed by atoms with Gasteiger partial charge in [0.05, 0.1) is 10.6 Å². The van der Waals surface area contributed by atoms with Gasteiger partial charge in [-0.3, -0.25) is 4.79 Å². The van der Waals surface area contributed by atoms with Gasteiger partial charge in [0, 0.05) is 31.7 Å². The minimum atomic E-state index is -1.57. The van der Waals surface area contributed by atoms with E-state index >= 15 is 0 Å². The van der Waals surface area contributed by atoms with Crippen LogP contribution in [0.1, 0.15) is 29.5 Å². The van der Waals surface area contributed by atoms with Gasteiger partial charge < -0.3 is 26.0 Å². The predicted octanol–water partition coefficient (Wildman–Crippen LogP) is 2.77. The summed E-state index contributed by atoms with van der Waals surface area (Å²) in [7, 11) is 4.08. The van der Waals surface area contributed by atoms with Crippen LogP contribution < -0.4 is 16.0 Å². The van der Waals surface area contributed by atoms with Gasteiger partial charge in [-0.1, -0.05) is 35.9 Å². The maximum Gasteiger partial charge on any atom is 0.256 e. The number of halogens is 1. The van der Waals surface area contributed by atoms with Crippen molar-refractivity contribution in [3.05, 3.63) is 64.2 Å². The first-order valence-corrected chi connectivity index (χ1v) is 12.1. The molecule has 0 saturated carbocycles. The number of piperidine rings is 1. The molecule has 0 spiro atoms. The number of likely N-dealkylation sites (N-methyl/N-ethyl adjacent to an activating group) is 1. The summed E-state index contributed by atoms with van der Waals surface area (Å²) in [5.41, 5.74) is 1.26. The number of hydrogen-bond donors (Lipinski definition) is 4. The molecule has 0 aliphatic carbocycles. The van der Waals surface area contributed by atoms with E-state index < -0.39 is 11.5 Å². The summed E-state index contributed by atoms with van der Waals surface area (Å²) in [4.78, 5) is 15.6. The lowest BCUT2D eigenvalue weighted by Gasteiger charge is -2.37. The van der Waals surface area contributed by atoms with E-state index in [1.165, 1.54) is 0 Å². The number of nitrogens with zero attached hydrogens (tertiary/aromatic N) is 2. The molecule has 1 aliphatic rings. The van der Waals surface area contributed by atoms with Crippen molar-refractivity contribution >= 4 is 23.2 Å². The zero-order valence-electron chi connectivity index (χ0n) is 19.9. The van der Waals surface area contributed by atoms with Crippen molar-refractivity contribution in [3.63, 3.8) is 0 Å². The standard InChI is InChI=1S/C26H34ClN5O2/c1-32(2)13-12-30-18-20-5-3-4-19(14-20)16-26(34,22-8-10-29-11-9-22)25(33)31-23-7-6-21(17-28)24(27)15-23/h3-7,14-15,22,29-30,34H,8-13,16,18H2,1-2H3,(H,31,33). The molecular formula is C26H34ClN5O2. The second-order valence-corrected chi connectivity index (χ2v) is 9.59. The van der Waals surface area contributed by atoms with Crippen molar-refractivity contribution in [1.82, 2.24) is 15.5 Å². The van der Waals surface area contributed by atoms with Crippen LogP contribution in [0, 0.1) is 17.2 Å². The Morgan fingerprint density at radius 1 is 1.24 bits per heavy atom. The van der Waals surface area contributed by atoms with Crippen LogP contribution in [0.3, 0.4) is 0 Å². The Morgan fingerprint density at radius 3 is 2.65 bits per heavy atom. The van der Waals surface area contributed by atoms with E-state index in [-0.39, 0.29) is 17.4 Å². The number of aliphatic hydroxyl groups is 1. The van der Waals surface area contributed by atoms with Crippen molar-refractivity contribution < 1.29 is 9.90 Å². The van der Waals surface area contributed by atoms with Crippen molar-refractivity contribution in [2.24, 2.45) is 5.92 Å². The van der Waals surface area contributed by atoms with E-state index in [9.17, 15) is 9.90 Å². The molecule has 1 amide bonds. The van der Waals surface area contributed by atoms with Crippen LogP contribution >= 0.6 is 11.6 Å². The van der Waals surface area contributed by atoms with Gasteiger partial charge in [0.25, 0.3) is 5.91 Å². The Balaban J connectivity index is 1.77. The SMILES string of the molecule is CN(C)CCNCc1cccc(CC(O)(C(=O)Nc2ccc(C#N)c(Cl)c2)C2CCNCC2)c1. The lowest BCUT2D eigenvalue weighted by molar-refractivity contribution is -0.141. The Labute approximate surface area is 207 Å². The number of amides is 1. The van der Waals surface area contributed by atoms with Gasteiger partial charge in [0.1, 0.15) is 11.7 Å². The van der Waals surface area contributed by atoms with Gasteiger partial charge in [-0.25, -0.2) is 0 Å². The molecule has 1 atom stereocenters. The Morgan fingerprint density at radius 2 is 1.97 bits per heavy atom. The van der Waals surface area contributed by atoms with Crippen LogP contribution in [0.5, 0.6) is 0 Å². The summed E-state index contributed by atoms with van der Waals surface area (Å²) in [6, 6.07) is 14.8. The quantitative estimate of drug-likeness (QED) is 0.388. The van der Waals surface area contributed by atoms with Gasteiger partial charge in [0.15, 0.2) is 0 Å². The molecule has 1 aliphatic heterocycles. The third kappa shape index (κ3) is 7.02. The minimum Gasteiger partial charge on any atom is -0.379 e. The second-order valence-electron chi connectivity index (χ2n) is 9.19. The number of hydrogen-bond acceptors (Lipinski definition) is 6. The van der Waals surface area contributed by atoms with E-state index in [4.69, 9.17) is 16.9 Å². The first kappa shape index (κ1) is 26.1. The van der Waals surface area contributed by atoms with Crippen molar-refractivity contribution in [2.45, 2.75) is 31.4 Å². The first-order valence-electron chi connectivity index (χ1n) is 11.7. The smallest absolute Gasteiger partial charge is 0.256 e. The molecule has 0 aromatic heterocycles. The highest BCUT2D eigenvalue weighted by Crippen LogP contribution is 2.32. The number of anilines is 1. The average Bonchev–Trinajstić information content (AvgIpc) is 2.82. The third-order valence-corrected chi connectivity index (χ3v) is 6.60. The van der Waals surface area contributed by atoms with Crippen molar-refractivity contribution in [3.8, 4) is 6.07 Å². The molecule has 0 bridgehead atoms. The van der Waals surface area contributed by atoms with Crippen molar-refractivity contribution in [1.29, 1.82) is 5.26 Å². The second kappa shape index (κ2) is 12.3. The Kier molecular flexibility index (Phi) is 9.45. The largest absolute Gasteiger partial charge is 0.379 e. The maximum absolute atomic E-state index is 13.5. The molecule has 1 saturated heterocycles. The first-order chi connectivity index (χ1) is 16.3. The molecule has 4 N–H and O–H groups in total. The number of nitriles is 1. The van der Waals surface area contributed by atoms with Gasteiger partial charge in [0.2, 0.25) is 0 Å². The summed E-state index contributed by atoms with van der Waals surface area (Å²) < 4.78 is 0. The summed E-state index contributed by atoms with van der Waals surface area (Å²) >= 11 is 6.14. The highest BCUT2D eigenvalue weighted by Gasteiger charge is 2.44. The summed E-state index contributed by atoms with van der Waals surface area (Å²) in [5, 5.41) is 30.7. The molecule has 182 valence electrons. The fraction of sp³-hybridized carbons (Fsp3) is 0.462. The molecule has 34 heavy (non-hydrogen) atoms. The summed E-state index contributed by atoms with van der Waals surface area (Å²) in [5.74, 6) is -0.626. The van der Waals surface area contributed by atoms with Crippen LogP contribution in [0.25, 0.3) is 0 Å². The normalized spacial score (nSPS) is 16.1. The molecule has 8 heteroatoms. The minimum absolute atomic E-state index is 0.176. The Hall–Kier alpha value is -2.47. The lowest BCUT2D eigenvalue weighted by atomic mass is 9.76. The van der Waals surface area contributed by atoms with Gasteiger partial charge in [-0.15, -0.1) is 0 Å². The van der Waals surface area contributed by atoms with Gasteiger partial charge in [-0.05, 0) is 75.3 Å². The number of carbonyl (C=O) groups excluding carboxylic acids is 1. The number of carbonyl (C=O) groups is 1. The van der Waals surface area contributed by atoms with E-state index in [0.29, 0.717) is 24.1 Å². The van der Waals surface area contributed by atoms with Gasteiger partial charge >= 0.3 is 0 Å². The number of benzene rings is 2. The highest BCUT2D eigenvalue weighted by atomic mass is 35.5. The average molecular weight is 484 g/mol. The van der Waals surface area contributed by atoms with Crippen LogP contribution in [0.2, 0.25) is 5.02 Å². The number of nitrogens with one attached hydrogen (secondary N) is 3. The molecule has 0 radical (unpaired) electrons. The zero-order chi connectivity index (χ0) is 24.6. The third-order valence-electron chi connectivity index (χ3n) is 6.29. The van der Waals surface area contributed by atoms with E-state index in [1.54, 1.807) is 18.2 Å². The molecular weight excluding hydrogens is 450 g/mol. The predicted molar refractivity (Wildman–Crippen MR) is 136 cm³/mol. The molecule has 1 unspecified atom stereocenters. The van der Waals surface area contributed by atoms with Crippen LogP contribution in [-0.4, -0.2) is 61.8 Å². The molecule has 2 aromatic carbocycles. The van der Waals surface area contributed by atoms with Crippen molar-refractivity contribution in [2.75, 3.05) is 45.6 Å². The fourth-order valence-electron chi connectivity index (χ4n) is 4.33. The van der Waals surface area contributed by atoms with Gasteiger partial charge in [-0.2, -0.15) is 5.26 Å². The topological polar surface area (TPSA) is 100 Å². The lowest BCUT2D eigenvalue weighted by Crippen LogP contribution is -2.53.